The van der Waals surface area contributed by atoms with E-state index in [-0.39, 0.29) is 34.2 Å². The SMILES string of the molecule is CCCOc1ccccc1/C=C(\C#N)C(=O)Nc1sc(C(=O)OCC)c(C)c1C(=O)OCC. The van der Waals surface area contributed by atoms with Crippen molar-refractivity contribution < 1.29 is 28.6 Å². The molecule has 8 nitrogen and oxygen atoms in total. The highest BCUT2D eigenvalue weighted by molar-refractivity contribution is 7.18. The Labute approximate surface area is 196 Å². The van der Waals surface area contributed by atoms with E-state index in [9.17, 15) is 19.6 Å². The smallest absolute Gasteiger partial charge is 0.348 e. The van der Waals surface area contributed by atoms with Gasteiger partial charge in [-0.05, 0) is 44.9 Å². The van der Waals surface area contributed by atoms with Crippen molar-refractivity contribution in [3.8, 4) is 11.8 Å². The molecule has 1 aromatic heterocycles. The van der Waals surface area contributed by atoms with Crippen molar-refractivity contribution in [3.63, 3.8) is 0 Å². The van der Waals surface area contributed by atoms with E-state index in [1.54, 1.807) is 45.0 Å². The van der Waals surface area contributed by atoms with Gasteiger partial charge in [0.25, 0.3) is 5.91 Å². The Bertz CT molecular complexity index is 1100. The summed E-state index contributed by atoms with van der Waals surface area (Å²) in [6.07, 6.45) is 2.22. The number of nitriles is 1. The van der Waals surface area contributed by atoms with Crippen LogP contribution >= 0.6 is 11.3 Å². The maximum Gasteiger partial charge on any atom is 0.348 e. The first-order valence-electron chi connectivity index (χ1n) is 10.5. The molecule has 0 aliphatic heterocycles. The molecule has 1 N–H and O–H groups in total. The minimum absolute atomic E-state index is 0.0576. The predicted octanol–water partition coefficient (Wildman–Crippen LogP) is 4.74. The summed E-state index contributed by atoms with van der Waals surface area (Å²) in [5.41, 5.74) is 0.772. The van der Waals surface area contributed by atoms with E-state index in [4.69, 9.17) is 14.2 Å². The van der Waals surface area contributed by atoms with Crippen LogP contribution in [0.1, 0.15) is 58.3 Å². The molecule has 0 fully saturated rings. The number of anilines is 1. The van der Waals surface area contributed by atoms with E-state index < -0.39 is 17.8 Å². The van der Waals surface area contributed by atoms with Gasteiger partial charge < -0.3 is 19.5 Å². The standard InChI is InChI=1S/C24H26N2O6S/c1-5-12-32-18-11-9-8-10-16(18)13-17(14-25)21(27)26-22-19(23(28)30-6-2)15(4)20(33-22)24(29)31-7-3/h8-11,13H,5-7,12H2,1-4H3,(H,26,27)/b17-13+. The van der Waals surface area contributed by atoms with Gasteiger partial charge in [-0.25, -0.2) is 9.59 Å². The van der Waals surface area contributed by atoms with E-state index >= 15 is 0 Å². The van der Waals surface area contributed by atoms with E-state index in [1.165, 1.54) is 6.08 Å². The molecule has 0 bridgehead atoms. The van der Waals surface area contributed by atoms with Gasteiger partial charge >= 0.3 is 11.9 Å². The maximum atomic E-state index is 12.9. The van der Waals surface area contributed by atoms with Gasteiger partial charge in [0.2, 0.25) is 0 Å². The molecule has 1 heterocycles. The van der Waals surface area contributed by atoms with Crippen LogP contribution in [-0.4, -0.2) is 37.7 Å². The molecule has 0 saturated carbocycles. The van der Waals surface area contributed by atoms with Crippen LogP contribution in [0.2, 0.25) is 0 Å². The summed E-state index contributed by atoms with van der Waals surface area (Å²) in [4.78, 5) is 37.9. The lowest BCUT2D eigenvalue weighted by molar-refractivity contribution is -0.112. The fourth-order valence-corrected chi connectivity index (χ4v) is 3.94. The molecule has 1 amide bonds. The monoisotopic (exact) mass is 470 g/mol. The predicted molar refractivity (Wildman–Crippen MR) is 125 cm³/mol. The Hall–Kier alpha value is -3.64. The normalized spacial score (nSPS) is 10.8. The molecule has 33 heavy (non-hydrogen) atoms. The Morgan fingerprint density at radius 1 is 1.09 bits per heavy atom. The fraction of sp³-hybridized carbons (Fsp3) is 0.333. The van der Waals surface area contributed by atoms with Gasteiger partial charge in [-0.1, -0.05) is 25.1 Å². The summed E-state index contributed by atoms with van der Waals surface area (Å²) in [6, 6.07) is 8.93. The molecular weight excluding hydrogens is 444 g/mol. The topological polar surface area (TPSA) is 115 Å². The molecular formula is C24H26N2O6S. The van der Waals surface area contributed by atoms with Gasteiger partial charge in [0, 0.05) is 5.56 Å². The van der Waals surface area contributed by atoms with Crippen molar-refractivity contribution in [1.82, 2.24) is 0 Å². The van der Waals surface area contributed by atoms with Crippen molar-refractivity contribution >= 4 is 40.3 Å². The molecule has 1 aromatic carbocycles. The third kappa shape index (κ3) is 6.43. The van der Waals surface area contributed by atoms with Crippen LogP contribution in [0.5, 0.6) is 5.75 Å². The number of rotatable bonds is 10. The van der Waals surface area contributed by atoms with Crippen molar-refractivity contribution in [2.75, 3.05) is 25.1 Å². The first-order valence-corrected chi connectivity index (χ1v) is 11.3. The number of thiophene rings is 1. The molecule has 0 saturated heterocycles. The number of ether oxygens (including phenoxy) is 3. The number of carbonyl (C=O) groups is 3. The van der Waals surface area contributed by atoms with Crippen LogP contribution in [0.25, 0.3) is 6.08 Å². The second-order valence-electron chi connectivity index (χ2n) is 6.71. The van der Waals surface area contributed by atoms with Gasteiger partial charge in [-0.3, -0.25) is 4.79 Å². The van der Waals surface area contributed by atoms with Gasteiger partial charge in [-0.15, -0.1) is 11.3 Å². The van der Waals surface area contributed by atoms with Crippen molar-refractivity contribution in [2.24, 2.45) is 0 Å². The highest BCUT2D eigenvalue weighted by Gasteiger charge is 2.28. The molecule has 0 aliphatic rings. The zero-order valence-corrected chi connectivity index (χ0v) is 19.8. The summed E-state index contributed by atoms with van der Waals surface area (Å²) in [7, 11) is 0. The Balaban J connectivity index is 2.43. The van der Waals surface area contributed by atoms with Gasteiger partial charge in [0.1, 0.15) is 27.3 Å². The first-order chi connectivity index (χ1) is 15.9. The average Bonchev–Trinajstić information content (AvgIpc) is 3.12. The van der Waals surface area contributed by atoms with Crippen LogP contribution in [0.4, 0.5) is 5.00 Å². The summed E-state index contributed by atoms with van der Waals surface area (Å²) in [6.45, 7) is 7.64. The second kappa shape index (κ2) is 12.4. The highest BCUT2D eigenvalue weighted by atomic mass is 32.1. The van der Waals surface area contributed by atoms with Gasteiger partial charge in [-0.2, -0.15) is 5.26 Å². The molecule has 9 heteroatoms. The maximum absolute atomic E-state index is 12.9. The third-order valence-electron chi connectivity index (χ3n) is 4.36. The van der Waals surface area contributed by atoms with E-state index in [0.717, 1.165) is 17.8 Å². The first kappa shape index (κ1) is 25.6. The summed E-state index contributed by atoms with van der Waals surface area (Å²) < 4.78 is 15.8. The van der Waals surface area contributed by atoms with Crippen LogP contribution < -0.4 is 10.1 Å². The number of amides is 1. The number of para-hydroxylation sites is 1. The summed E-state index contributed by atoms with van der Waals surface area (Å²) in [5, 5.41) is 12.3. The Morgan fingerprint density at radius 3 is 2.39 bits per heavy atom. The van der Waals surface area contributed by atoms with Gasteiger partial charge in [0.15, 0.2) is 0 Å². The average molecular weight is 471 g/mol. The van der Waals surface area contributed by atoms with Crippen molar-refractivity contribution in [1.29, 1.82) is 5.26 Å². The number of esters is 2. The fourth-order valence-electron chi connectivity index (χ4n) is 2.86. The van der Waals surface area contributed by atoms with Crippen LogP contribution in [0.15, 0.2) is 29.8 Å². The summed E-state index contributed by atoms with van der Waals surface area (Å²) >= 11 is 0.897. The number of carbonyl (C=O) groups excluding carboxylic acids is 3. The highest BCUT2D eigenvalue weighted by Crippen LogP contribution is 2.35. The molecule has 2 aromatic rings. The summed E-state index contributed by atoms with van der Waals surface area (Å²) in [5.74, 6) is -1.48. The van der Waals surface area contributed by atoms with Gasteiger partial charge in [0.05, 0.1) is 25.4 Å². The van der Waals surface area contributed by atoms with Crippen molar-refractivity contribution in [2.45, 2.75) is 34.1 Å². The number of hydrogen-bond donors (Lipinski definition) is 1. The lowest BCUT2D eigenvalue weighted by atomic mass is 10.1. The molecule has 0 atom stereocenters. The number of hydrogen-bond acceptors (Lipinski definition) is 8. The van der Waals surface area contributed by atoms with E-state index in [0.29, 0.717) is 23.5 Å². The molecule has 0 spiro atoms. The Kier molecular flexibility index (Phi) is 9.63. The second-order valence-corrected chi connectivity index (χ2v) is 7.73. The lowest BCUT2D eigenvalue weighted by Crippen LogP contribution is -2.16. The number of nitrogens with one attached hydrogen (secondary N) is 1. The molecule has 2 rings (SSSR count). The lowest BCUT2D eigenvalue weighted by Gasteiger charge is -2.09. The minimum atomic E-state index is -0.731. The van der Waals surface area contributed by atoms with Crippen LogP contribution in [0.3, 0.4) is 0 Å². The van der Waals surface area contributed by atoms with Crippen molar-refractivity contribution in [3.05, 3.63) is 51.4 Å². The van der Waals surface area contributed by atoms with E-state index in [1.807, 2.05) is 13.0 Å². The molecule has 0 aliphatic carbocycles. The minimum Gasteiger partial charge on any atom is -0.493 e. The molecule has 174 valence electrons. The number of benzene rings is 1. The zero-order valence-electron chi connectivity index (χ0n) is 19.0. The number of nitrogens with zero attached hydrogens (tertiary/aromatic N) is 1. The Morgan fingerprint density at radius 2 is 1.76 bits per heavy atom. The molecule has 0 unspecified atom stereocenters. The molecule has 0 radical (unpaired) electrons. The zero-order chi connectivity index (χ0) is 24.4. The van der Waals surface area contributed by atoms with E-state index in [2.05, 4.69) is 5.32 Å². The quantitative estimate of drug-likeness (QED) is 0.303. The van der Waals surface area contributed by atoms with Crippen LogP contribution in [-0.2, 0) is 14.3 Å². The van der Waals surface area contributed by atoms with Crippen LogP contribution in [0, 0.1) is 18.3 Å². The third-order valence-corrected chi connectivity index (χ3v) is 5.55. The largest absolute Gasteiger partial charge is 0.493 e.